The molecule has 0 saturated carbocycles. The van der Waals surface area contributed by atoms with Gasteiger partial charge in [-0.15, -0.1) is 0 Å². The smallest absolute Gasteiger partial charge is 0.407 e. The lowest BCUT2D eigenvalue weighted by Crippen LogP contribution is -2.24. The van der Waals surface area contributed by atoms with E-state index in [1.807, 2.05) is 36.4 Å². The van der Waals surface area contributed by atoms with Crippen LogP contribution in [-0.2, 0) is 17.8 Å². The van der Waals surface area contributed by atoms with Crippen LogP contribution in [0.3, 0.4) is 0 Å². The number of alkyl carbamates (subject to hydrolysis) is 1. The highest BCUT2D eigenvalue weighted by atomic mass is 19.1. The molecule has 0 aliphatic heterocycles. The Hall–Kier alpha value is -3.31. The van der Waals surface area contributed by atoms with Gasteiger partial charge in [0.15, 0.2) is 0 Å². The van der Waals surface area contributed by atoms with E-state index >= 15 is 0 Å². The molecule has 25 heavy (non-hydrogen) atoms. The van der Waals surface area contributed by atoms with Crippen LogP contribution in [0.2, 0.25) is 0 Å². The Balaban J connectivity index is 1.74. The number of carbonyl (C=O) groups excluding carboxylic acids is 1. The van der Waals surface area contributed by atoms with Crippen molar-refractivity contribution in [1.29, 1.82) is 5.26 Å². The molecule has 0 atom stereocenters. The zero-order valence-electron chi connectivity index (χ0n) is 13.6. The topological polar surface area (TPSA) is 62.1 Å². The lowest BCUT2D eigenvalue weighted by atomic mass is 10.1. The Kier molecular flexibility index (Phi) is 7.03. The van der Waals surface area contributed by atoms with Gasteiger partial charge in [-0.05, 0) is 23.3 Å². The fraction of sp³-hybridized carbons (Fsp3) is 0.200. The number of nitriles is 1. The standard InChI is InChI=1S/C20H17FN2O2/c21-19-10-9-16(11-12-22)14-18(19)8-4-5-13-23-20(24)25-15-17-6-2-1-3-7-17/h1-3,6-7,9-10,14H,5,11,13,15H2,(H,23,24). The van der Waals surface area contributed by atoms with Crippen molar-refractivity contribution in [3.8, 4) is 17.9 Å². The van der Waals surface area contributed by atoms with E-state index in [0.717, 1.165) is 11.1 Å². The van der Waals surface area contributed by atoms with Gasteiger partial charge in [-0.3, -0.25) is 0 Å². The lowest BCUT2D eigenvalue weighted by molar-refractivity contribution is 0.140. The van der Waals surface area contributed by atoms with Gasteiger partial charge >= 0.3 is 6.09 Å². The van der Waals surface area contributed by atoms with E-state index in [2.05, 4.69) is 17.2 Å². The highest BCUT2D eigenvalue weighted by molar-refractivity contribution is 5.67. The summed E-state index contributed by atoms with van der Waals surface area (Å²) in [7, 11) is 0. The second-order valence-electron chi connectivity index (χ2n) is 5.19. The molecule has 0 radical (unpaired) electrons. The van der Waals surface area contributed by atoms with E-state index in [1.54, 1.807) is 12.1 Å². The van der Waals surface area contributed by atoms with Crippen LogP contribution in [0, 0.1) is 29.0 Å². The molecular formula is C20H17FN2O2. The van der Waals surface area contributed by atoms with E-state index < -0.39 is 11.9 Å². The van der Waals surface area contributed by atoms with Crippen molar-refractivity contribution in [2.24, 2.45) is 0 Å². The van der Waals surface area contributed by atoms with Crippen molar-refractivity contribution in [2.45, 2.75) is 19.4 Å². The molecule has 0 unspecified atom stereocenters. The van der Waals surface area contributed by atoms with Crippen LogP contribution in [0.25, 0.3) is 0 Å². The van der Waals surface area contributed by atoms with Crippen molar-refractivity contribution in [3.05, 3.63) is 71.0 Å². The minimum atomic E-state index is -0.521. The van der Waals surface area contributed by atoms with Gasteiger partial charge < -0.3 is 10.1 Å². The molecule has 0 heterocycles. The van der Waals surface area contributed by atoms with E-state index in [1.165, 1.54) is 6.07 Å². The number of hydrogen-bond acceptors (Lipinski definition) is 3. The highest BCUT2D eigenvalue weighted by Gasteiger charge is 2.02. The van der Waals surface area contributed by atoms with Crippen LogP contribution in [0.5, 0.6) is 0 Å². The molecule has 2 rings (SSSR count). The summed E-state index contributed by atoms with van der Waals surface area (Å²) < 4.78 is 18.7. The Morgan fingerprint density at radius 3 is 2.72 bits per heavy atom. The molecule has 2 aromatic carbocycles. The van der Waals surface area contributed by atoms with Gasteiger partial charge in [0, 0.05) is 13.0 Å². The maximum absolute atomic E-state index is 13.6. The Morgan fingerprint density at radius 2 is 1.96 bits per heavy atom. The number of hydrogen-bond donors (Lipinski definition) is 1. The minimum Gasteiger partial charge on any atom is -0.445 e. The molecule has 2 aromatic rings. The number of nitrogens with one attached hydrogen (secondary N) is 1. The van der Waals surface area contributed by atoms with E-state index in [4.69, 9.17) is 10.00 Å². The zero-order valence-corrected chi connectivity index (χ0v) is 13.6. The summed E-state index contributed by atoms with van der Waals surface area (Å²) in [5.41, 5.74) is 1.88. The molecular weight excluding hydrogens is 319 g/mol. The highest BCUT2D eigenvalue weighted by Crippen LogP contribution is 2.10. The SMILES string of the molecule is N#CCc1ccc(F)c(C#CCCNC(=O)OCc2ccccc2)c1. The summed E-state index contributed by atoms with van der Waals surface area (Å²) >= 11 is 0. The predicted molar refractivity (Wildman–Crippen MR) is 91.8 cm³/mol. The molecule has 0 fully saturated rings. The number of carbonyl (C=O) groups is 1. The van der Waals surface area contributed by atoms with Crippen LogP contribution < -0.4 is 5.32 Å². The fourth-order valence-corrected chi connectivity index (χ4v) is 2.03. The number of ether oxygens (including phenoxy) is 1. The predicted octanol–water partition coefficient (Wildman–Crippen LogP) is 3.56. The molecule has 0 saturated heterocycles. The van der Waals surface area contributed by atoms with Crippen LogP contribution >= 0.6 is 0 Å². The van der Waals surface area contributed by atoms with E-state index in [-0.39, 0.29) is 18.6 Å². The molecule has 0 aliphatic carbocycles. The van der Waals surface area contributed by atoms with Gasteiger partial charge in [-0.2, -0.15) is 5.26 Å². The first-order valence-corrected chi connectivity index (χ1v) is 7.78. The van der Waals surface area contributed by atoms with Crippen molar-refractivity contribution >= 4 is 6.09 Å². The zero-order chi connectivity index (χ0) is 17.9. The molecule has 1 N–H and O–H groups in total. The van der Waals surface area contributed by atoms with E-state index in [9.17, 15) is 9.18 Å². The Labute approximate surface area is 146 Å². The maximum atomic E-state index is 13.6. The van der Waals surface area contributed by atoms with Crippen LogP contribution in [0.15, 0.2) is 48.5 Å². The quantitative estimate of drug-likeness (QED) is 0.671. The van der Waals surface area contributed by atoms with Crippen LogP contribution in [0.4, 0.5) is 9.18 Å². The molecule has 0 aliphatic rings. The summed E-state index contributed by atoms with van der Waals surface area (Å²) in [5, 5.41) is 11.2. The summed E-state index contributed by atoms with van der Waals surface area (Å²) in [4.78, 5) is 11.5. The van der Waals surface area contributed by atoms with Gasteiger partial charge in [0.25, 0.3) is 0 Å². The van der Waals surface area contributed by atoms with Crippen molar-refractivity contribution in [2.75, 3.05) is 6.54 Å². The van der Waals surface area contributed by atoms with Crippen molar-refractivity contribution in [3.63, 3.8) is 0 Å². The van der Waals surface area contributed by atoms with Crippen LogP contribution in [-0.4, -0.2) is 12.6 Å². The van der Waals surface area contributed by atoms with Crippen molar-refractivity contribution < 1.29 is 13.9 Å². The number of benzene rings is 2. The molecule has 4 nitrogen and oxygen atoms in total. The molecule has 1 amide bonds. The first-order chi connectivity index (χ1) is 12.2. The average molecular weight is 336 g/mol. The Bertz CT molecular complexity index is 817. The largest absolute Gasteiger partial charge is 0.445 e. The number of nitrogens with zero attached hydrogens (tertiary/aromatic N) is 1. The first kappa shape index (κ1) is 18.0. The minimum absolute atomic E-state index is 0.204. The number of rotatable bonds is 5. The van der Waals surface area contributed by atoms with Gasteiger partial charge in [-0.25, -0.2) is 9.18 Å². The molecule has 0 aromatic heterocycles. The molecule has 0 spiro atoms. The lowest BCUT2D eigenvalue weighted by Gasteiger charge is -2.05. The average Bonchev–Trinajstić information content (AvgIpc) is 2.63. The van der Waals surface area contributed by atoms with Gasteiger partial charge in [0.1, 0.15) is 12.4 Å². The normalized spacial score (nSPS) is 9.44. The summed E-state index contributed by atoms with van der Waals surface area (Å²) in [6.45, 7) is 0.509. The third-order valence-corrected chi connectivity index (χ3v) is 3.27. The fourth-order valence-electron chi connectivity index (χ4n) is 2.03. The third-order valence-electron chi connectivity index (χ3n) is 3.27. The first-order valence-electron chi connectivity index (χ1n) is 7.78. The number of halogens is 1. The molecule has 0 bridgehead atoms. The van der Waals surface area contributed by atoms with Crippen LogP contribution in [0.1, 0.15) is 23.1 Å². The van der Waals surface area contributed by atoms with Gasteiger partial charge in [0.05, 0.1) is 18.1 Å². The Morgan fingerprint density at radius 1 is 1.16 bits per heavy atom. The maximum Gasteiger partial charge on any atom is 0.407 e. The van der Waals surface area contributed by atoms with Crippen molar-refractivity contribution in [1.82, 2.24) is 5.32 Å². The molecule has 5 heteroatoms. The summed E-state index contributed by atoms with van der Waals surface area (Å²) in [5.74, 6) is 5.09. The second-order valence-corrected chi connectivity index (χ2v) is 5.19. The molecule has 126 valence electrons. The summed E-state index contributed by atoms with van der Waals surface area (Å²) in [6.07, 6.45) is 0.0550. The monoisotopic (exact) mass is 336 g/mol. The van der Waals surface area contributed by atoms with Gasteiger partial charge in [0.2, 0.25) is 0 Å². The van der Waals surface area contributed by atoms with E-state index in [0.29, 0.717) is 13.0 Å². The third kappa shape index (κ3) is 6.37. The second kappa shape index (κ2) is 9.75. The summed E-state index contributed by atoms with van der Waals surface area (Å²) in [6, 6.07) is 15.8. The van der Waals surface area contributed by atoms with Gasteiger partial charge in [-0.1, -0.05) is 48.2 Å². The number of amides is 1.